The number of hydrogen-bond acceptors (Lipinski definition) is 7. The molecule has 0 unspecified atom stereocenters. The van der Waals surface area contributed by atoms with Gasteiger partial charge in [-0.15, -0.1) is 0 Å². The highest BCUT2D eigenvalue weighted by molar-refractivity contribution is 6.32. The van der Waals surface area contributed by atoms with E-state index in [9.17, 15) is 9.59 Å². The highest BCUT2D eigenvalue weighted by Gasteiger charge is 2.37. The van der Waals surface area contributed by atoms with Gasteiger partial charge in [0.15, 0.2) is 22.8 Å². The molecule has 0 saturated heterocycles. The number of carbonyl (C=O) groups excluding carboxylic acids is 2. The lowest BCUT2D eigenvalue weighted by atomic mass is 10.1. The summed E-state index contributed by atoms with van der Waals surface area (Å²) < 4.78 is 21.8. The van der Waals surface area contributed by atoms with E-state index in [-0.39, 0.29) is 23.8 Å². The summed E-state index contributed by atoms with van der Waals surface area (Å²) in [6.45, 7) is 2.61. The lowest BCUT2D eigenvalue weighted by Crippen LogP contribution is -2.16. The molecule has 2 aromatic carbocycles. The third-order valence-corrected chi connectivity index (χ3v) is 4.60. The van der Waals surface area contributed by atoms with E-state index >= 15 is 0 Å². The predicted octanol–water partition coefficient (Wildman–Crippen LogP) is 3.94. The number of Topliss-reactive ketones (excluding diaryl/α,β-unsaturated/α-hetero) is 1. The molecular formula is C22H18ClNO6. The summed E-state index contributed by atoms with van der Waals surface area (Å²) in [4.78, 5) is 25.3. The molecule has 154 valence electrons. The molecule has 7 nitrogen and oxygen atoms in total. The summed E-state index contributed by atoms with van der Waals surface area (Å²) >= 11 is 6.27. The molecule has 2 aliphatic rings. The third kappa shape index (κ3) is 3.97. The maximum absolute atomic E-state index is 12.9. The molecule has 0 aliphatic carbocycles. The van der Waals surface area contributed by atoms with Gasteiger partial charge in [-0.2, -0.15) is 0 Å². The van der Waals surface area contributed by atoms with Gasteiger partial charge in [-0.1, -0.05) is 29.8 Å². The first-order chi connectivity index (χ1) is 14.6. The average molecular weight is 428 g/mol. The third-order valence-electron chi connectivity index (χ3n) is 4.32. The van der Waals surface area contributed by atoms with Crippen molar-refractivity contribution in [1.82, 2.24) is 0 Å². The van der Waals surface area contributed by atoms with Gasteiger partial charge >= 0.3 is 5.97 Å². The number of ether oxygens (including phenoxy) is 4. The number of nitrogens with one attached hydrogen (secondary N) is 1. The van der Waals surface area contributed by atoms with Crippen LogP contribution in [-0.4, -0.2) is 31.6 Å². The summed E-state index contributed by atoms with van der Waals surface area (Å²) in [5.41, 5.74) is 1.03. The van der Waals surface area contributed by atoms with Gasteiger partial charge < -0.3 is 24.3 Å². The number of allylic oxidation sites excluding steroid dienone is 1. The molecule has 2 aromatic rings. The van der Waals surface area contributed by atoms with Crippen LogP contribution in [0.15, 0.2) is 59.7 Å². The number of benzene rings is 2. The van der Waals surface area contributed by atoms with E-state index in [1.54, 1.807) is 31.2 Å². The molecule has 0 spiro atoms. The Balaban J connectivity index is 1.67. The second-order valence-electron chi connectivity index (χ2n) is 6.38. The number of para-hydroxylation sites is 1. The Hall–Kier alpha value is -3.45. The molecule has 2 aliphatic heterocycles. The smallest absolute Gasteiger partial charge is 0.347 e. The normalized spacial score (nSPS) is 16.5. The van der Waals surface area contributed by atoms with E-state index in [0.717, 1.165) is 0 Å². The van der Waals surface area contributed by atoms with Crippen molar-refractivity contribution in [2.75, 3.05) is 25.1 Å². The summed E-state index contributed by atoms with van der Waals surface area (Å²) in [5.74, 6) is -0.432. The molecule has 0 amide bonds. The number of halogens is 1. The minimum absolute atomic E-state index is 0.0135. The fourth-order valence-electron chi connectivity index (χ4n) is 3.02. The standard InChI is InChI=1S/C22H18ClNO6/c1-2-27-22(26)18-19(25)16(30-21(18)24-14-6-4-3-5-7-14)11-13-10-15(23)20-17(12-13)28-8-9-29-20/h3-7,10-12,24H,2,8-9H2,1H3/b16-11-. The van der Waals surface area contributed by atoms with E-state index in [0.29, 0.717) is 41.0 Å². The SMILES string of the molecule is CCOC(=O)C1=C(Nc2ccccc2)O/C(=C\c2cc(Cl)c3c(c2)OCCO3)C1=O. The van der Waals surface area contributed by atoms with Crippen LogP contribution in [0.1, 0.15) is 12.5 Å². The van der Waals surface area contributed by atoms with E-state index in [1.807, 2.05) is 18.2 Å². The highest BCUT2D eigenvalue weighted by Crippen LogP contribution is 2.39. The van der Waals surface area contributed by atoms with E-state index in [1.165, 1.54) is 6.08 Å². The quantitative estimate of drug-likeness (QED) is 0.439. The topological polar surface area (TPSA) is 83.1 Å². The van der Waals surface area contributed by atoms with E-state index in [4.69, 9.17) is 30.5 Å². The molecular weight excluding hydrogens is 410 g/mol. The van der Waals surface area contributed by atoms with Crippen molar-refractivity contribution in [2.24, 2.45) is 0 Å². The van der Waals surface area contributed by atoms with Gasteiger partial charge in [0.25, 0.3) is 0 Å². The largest absolute Gasteiger partial charge is 0.486 e. The van der Waals surface area contributed by atoms with Gasteiger partial charge in [0.1, 0.15) is 13.2 Å². The Morgan fingerprint density at radius 1 is 1.20 bits per heavy atom. The van der Waals surface area contributed by atoms with Gasteiger partial charge in [-0.3, -0.25) is 4.79 Å². The van der Waals surface area contributed by atoms with Crippen LogP contribution in [0.2, 0.25) is 5.02 Å². The van der Waals surface area contributed by atoms with Crippen molar-refractivity contribution < 1.29 is 28.5 Å². The molecule has 0 radical (unpaired) electrons. The second-order valence-corrected chi connectivity index (χ2v) is 6.79. The van der Waals surface area contributed by atoms with Crippen LogP contribution >= 0.6 is 11.6 Å². The molecule has 8 heteroatoms. The molecule has 1 N–H and O–H groups in total. The van der Waals surface area contributed by atoms with Crippen molar-refractivity contribution in [3.63, 3.8) is 0 Å². The first-order valence-electron chi connectivity index (χ1n) is 9.33. The highest BCUT2D eigenvalue weighted by atomic mass is 35.5. The van der Waals surface area contributed by atoms with Crippen LogP contribution in [-0.2, 0) is 19.1 Å². The molecule has 30 heavy (non-hydrogen) atoms. The van der Waals surface area contributed by atoms with Gasteiger partial charge in [0, 0.05) is 5.69 Å². The number of carbonyl (C=O) groups is 2. The number of hydrogen-bond donors (Lipinski definition) is 1. The Morgan fingerprint density at radius 2 is 1.97 bits per heavy atom. The van der Waals surface area contributed by atoms with Crippen LogP contribution in [0, 0.1) is 0 Å². The zero-order valence-corrected chi connectivity index (χ0v) is 16.8. The first-order valence-corrected chi connectivity index (χ1v) is 9.71. The van der Waals surface area contributed by atoms with Crippen molar-refractivity contribution in [1.29, 1.82) is 0 Å². The van der Waals surface area contributed by atoms with Crippen molar-refractivity contribution >= 4 is 35.1 Å². The van der Waals surface area contributed by atoms with Gasteiger partial charge in [-0.25, -0.2) is 4.79 Å². The number of rotatable bonds is 5. The average Bonchev–Trinajstić information content (AvgIpc) is 3.03. The summed E-state index contributed by atoms with van der Waals surface area (Å²) in [6, 6.07) is 12.4. The van der Waals surface area contributed by atoms with Crippen LogP contribution in [0.4, 0.5) is 5.69 Å². The fraction of sp³-hybridized carbons (Fsp3) is 0.182. The number of esters is 1. The minimum Gasteiger partial charge on any atom is -0.486 e. The molecule has 0 fully saturated rings. The maximum atomic E-state index is 12.9. The Labute approximate surface area is 177 Å². The van der Waals surface area contributed by atoms with Crippen molar-refractivity contribution in [3.8, 4) is 11.5 Å². The van der Waals surface area contributed by atoms with Crippen molar-refractivity contribution in [3.05, 3.63) is 70.3 Å². The molecule has 0 bridgehead atoms. The number of fused-ring (bicyclic) bond motifs is 1. The van der Waals surface area contributed by atoms with Crippen molar-refractivity contribution in [2.45, 2.75) is 6.92 Å². The minimum atomic E-state index is -0.760. The maximum Gasteiger partial charge on any atom is 0.347 e. The molecule has 2 heterocycles. The lowest BCUT2D eigenvalue weighted by Gasteiger charge is -2.19. The lowest BCUT2D eigenvalue weighted by molar-refractivity contribution is -0.139. The predicted molar refractivity (Wildman–Crippen MR) is 110 cm³/mol. The molecule has 0 aromatic heterocycles. The monoisotopic (exact) mass is 427 g/mol. The fourth-order valence-corrected chi connectivity index (χ4v) is 3.30. The van der Waals surface area contributed by atoms with Crippen LogP contribution < -0.4 is 14.8 Å². The number of ketones is 1. The molecule has 4 rings (SSSR count). The zero-order chi connectivity index (χ0) is 21.1. The summed E-state index contributed by atoms with van der Waals surface area (Å²) in [6.07, 6.45) is 1.49. The Kier molecular flexibility index (Phi) is 5.63. The Morgan fingerprint density at radius 3 is 2.73 bits per heavy atom. The van der Waals surface area contributed by atoms with E-state index in [2.05, 4.69) is 5.32 Å². The first kappa shape index (κ1) is 19.8. The van der Waals surface area contributed by atoms with E-state index < -0.39 is 11.8 Å². The van der Waals surface area contributed by atoms with Gasteiger partial charge in [0.2, 0.25) is 11.7 Å². The summed E-state index contributed by atoms with van der Waals surface area (Å²) in [7, 11) is 0. The molecule has 0 atom stereocenters. The summed E-state index contributed by atoms with van der Waals surface area (Å²) in [5, 5.41) is 3.31. The van der Waals surface area contributed by atoms with Gasteiger partial charge in [-0.05, 0) is 42.8 Å². The molecule has 0 saturated carbocycles. The zero-order valence-electron chi connectivity index (χ0n) is 16.1. The van der Waals surface area contributed by atoms with Crippen LogP contribution in [0.5, 0.6) is 11.5 Å². The van der Waals surface area contributed by atoms with Crippen LogP contribution in [0.3, 0.4) is 0 Å². The number of anilines is 1. The Bertz CT molecular complexity index is 1060. The van der Waals surface area contributed by atoms with Crippen LogP contribution in [0.25, 0.3) is 6.08 Å². The van der Waals surface area contributed by atoms with Gasteiger partial charge in [0.05, 0.1) is 11.6 Å². The second kappa shape index (κ2) is 8.51.